The van der Waals surface area contributed by atoms with Crippen molar-refractivity contribution in [1.29, 1.82) is 0 Å². The molecule has 1 rings (SSSR count). The summed E-state index contributed by atoms with van der Waals surface area (Å²) < 4.78 is 0. The molecule has 100 valence electrons. The van der Waals surface area contributed by atoms with E-state index in [0.717, 1.165) is 25.3 Å². The number of piperidine rings is 1. The van der Waals surface area contributed by atoms with Crippen LogP contribution in [0.25, 0.3) is 0 Å². The molecule has 1 aliphatic rings. The number of hydrogen-bond donors (Lipinski definition) is 2. The summed E-state index contributed by atoms with van der Waals surface area (Å²) >= 11 is 0. The molecule has 4 N–H and O–H groups in total. The number of nitrogens with two attached hydrogens (primary N) is 2. The van der Waals surface area contributed by atoms with Crippen LogP contribution in [0.1, 0.15) is 46.0 Å². The summed E-state index contributed by atoms with van der Waals surface area (Å²) in [5.41, 5.74) is 10.2. The molecule has 1 saturated heterocycles. The van der Waals surface area contributed by atoms with Crippen molar-refractivity contribution in [2.45, 2.75) is 51.5 Å². The van der Waals surface area contributed by atoms with Crippen LogP contribution in [-0.4, -0.2) is 36.0 Å². The van der Waals surface area contributed by atoms with Gasteiger partial charge in [0, 0.05) is 6.54 Å². The first-order valence-corrected chi connectivity index (χ1v) is 6.73. The molecule has 1 heterocycles. The second-order valence-corrected chi connectivity index (χ2v) is 5.79. The first-order chi connectivity index (χ1) is 7.92. The van der Waals surface area contributed by atoms with Crippen molar-refractivity contribution in [3.05, 3.63) is 0 Å². The van der Waals surface area contributed by atoms with Gasteiger partial charge in [0.2, 0.25) is 5.91 Å². The van der Waals surface area contributed by atoms with E-state index >= 15 is 0 Å². The average molecular weight is 241 g/mol. The van der Waals surface area contributed by atoms with E-state index in [1.807, 2.05) is 0 Å². The normalized spacial score (nSPS) is 25.5. The molecule has 17 heavy (non-hydrogen) atoms. The Morgan fingerprint density at radius 2 is 2.18 bits per heavy atom. The molecule has 0 spiro atoms. The average Bonchev–Trinajstić information content (AvgIpc) is 2.24. The van der Waals surface area contributed by atoms with Gasteiger partial charge in [0.15, 0.2) is 0 Å². The third kappa shape index (κ3) is 5.04. The Balaban J connectivity index is 2.13. The van der Waals surface area contributed by atoms with Crippen LogP contribution >= 0.6 is 0 Å². The summed E-state index contributed by atoms with van der Waals surface area (Å²) in [6.07, 6.45) is 5.44. The van der Waals surface area contributed by atoms with Crippen LogP contribution in [-0.2, 0) is 4.79 Å². The quantitative estimate of drug-likeness (QED) is 0.684. The summed E-state index contributed by atoms with van der Waals surface area (Å²) in [5.74, 6) is 0.429. The topological polar surface area (TPSA) is 72.3 Å². The maximum Gasteiger partial charge on any atom is 0.237 e. The molecule has 0 bridgehead atoms. The van der Waals surface area contributed by atoms with Crippen LogP contribution in [0.2, 0.25) is 0 Å². The number of unbranched alkanes of at least 4 members (excludes halogenated alkanes) is 1. The molecule has 4 nitrogen and oxygen atoms in total. The number of amides is 1. The lowest BCUT2D eigenvalue weighted by atomic mass is 9.95. The number of likely N-dealkylation sites (tertiary alicyclic amines) is 1. The van der Waals surface area contributed by atoms with Crippen molar-refractivity contribution >= 4 is 5.91 Å². The van der Waals surface area contributed by atoms with Gasteiger partial charge in [0.1, 0.15) is 0 Å². The van der Waals surface area contributed by atoms with Gasteiger partial charge in [-0.25, -0.2) is 0 Å². The molecular formula is C13H27N3O. The first-order valence-electron chi connectivity index (χ1n) is 6.73. The number of rotatable bonds is 6. The zero-order valence-electron chi connectivity index (χ0n) is 11.2. The first kappa shape index (κ1) is 14.5. The highest BCUT2D eigenvalue weighted by molar-refractivity contribution is 5.83. The Bertz CT molecular complexity index is 253. The van der Waals surface area contributed by atoms with Gasteiger partial charge in [-0.3, -0.25) is 4.79 Å². The van der Waals surface area contributed by atoms with Gasteiger partial charge < -0.3 is 16.4 Å². The summed E-state index contributed by atoms with van der Waals surface area (Å²) in [7, 11) is 0. The van der Waals surface area contributed by atoms with Gasteiger partial charge >= 0.3 is 0 Å². The van der Waals surface area contributed by atoms with Crippen molar-refractivity contribution in [3.63, 3.8) is 0 Å². The van der Waals surface area contributed by atoms with Crippen molar-refractivity contribution < 1.29 is 4.79 Å². The molecule has 0 aliphatic carbocycles. The third-order valence-electron chi connectivity index (χ3n) is 3.72. The minimum atomic E-state index is -0.838. The summed E-state index contributed by atoms with van der Waals surface area (Å²) in [4.78, 5) is 13.6. The smallest absolute Gasteiger partial charge is 0.237 e. The van der Waals surface area contributed by atoms with Crippen molar-refractivity contribution in [3.8, 4) is 0 Å². The van der Waals surface area contributed by atoms with Crippen LogP contribution < -0.4 is 11.5 Å². The zero-order chi connectivity index (χ0) is 12.9. The van der Waals surface area contributed by atoms with E-state index in [4.69, 9.17) is 11.5 Å². The molecular weight excluding hydrogens is 214 g/mol. The zero-order valence-corrected chi connectivity index (χ0v) is 11.2. The summed E-state index contributed by atoms with van der Waals surface area (Å²) in [6.45, 7) is 7.60. The van der Waals surface area contributed by atoms with Gasteiger partial charge in [-0.1, -0.05) is 6.92 Å². The second kappa shape index (κ2) is 6.36. The Hall–Kier alpha value is -0.610. The van der Waals surface area contributed by atoms with E-state index in [2.05, 4.69) is 11.8 Å². The molecule has 1 amide bonds. The minimum absolute atomic E-state index is 0.399. The van der Waals surface area contributed by atoms with Gasteiger partial charge in [-0.2, -0.15) is 0 Å². The summed E-state index contributed by atoms with van der Waals surface area (Å²) in [6, 6.07) is 0. The number of carbonyl (C=O) groups is 1. The highest BCUT2D eigenvalue weighted by atomic mass is 16.1. The molecule has 2 atom stereocenters. The maximum absolute atomic E-state index is 11.0. The fourth-order valence-corrected chi connectivity index (χ4v) is 2.44. The second-order valence-electron chi connectivity index (χ2n) is 5.79. The van der Waals surface area contributed by atoms with E-state index in [1.54, 1.807) is 6.92 Å². The molecule has 2 unspecified atom stereocenters. The lowest BCUT2D eigenvalue weighted by Gasteiger charge is -2.31. The molecule has 1 fully saturated rings. The highest BCUT2D eigenvalue weighted by Gasteiger charge is 2.24. The Kier molecular flexibility index (Phi) is 5.40. The van der Waals surface area contributed by atoms with Crippen LogP contribution in [0.4, 0.5) is 0 Å². The molecule has 0 aromatic carbocycles. The van der Waals surface area contributed by atoms with Gasteiger partial charge in [-0.15, -0.1) is 0 Å². The molecule has 0 radical (unpaired) electrons. The van der Waals surface area contributed by atoms with Gasteiger partial charge in [0.05, 0.1) is 5.54 Å². The number of nitrogens with zero attached hydrogens (tertiary/aromatic N) is 1. The standard InChI is InChI=1S/C13H27N3O/c1-11-6-5-9-16(10-11)8-4-3-7-13(2,15)12(14)17/h11H,3-10,15H2,1-2H3,(H2,14,17). The number of carbonyl (C=O) groups excluding carboxylic acids is 1. The van der Waals surface area contributed by atoms with Crippen LogP contribution in [0.3, 0.4) is 0 Å². The van der Waals surface area contributed by atoms with E-state index in [-0.39, 0.29) is 0 Å². The molecule has 0 saturated carbocycles. The highest BCUT2D eigenvalue weighted by Crippen LogP contribution is 2.17. The number of primary amides is 1. The Morgan fingerprint density at radius 1 is 1.47 bits per heavy atom. The van der Waals surface area contributed by atoms with Crippen LogP contribution in [0, 0.1) is 5.92 Å². The molecule has 4 heteroatoms. The Morgan fingerprint density at radius 3 is 2.76 bits per heavy atom. The lowest BCUT2D eigenvalue weighted by Crippen LogP contribution is -2.49. The third-order valence-corrected chi connectivity index (χ3v) is 3.72. The van der Waals surface area contributed by atoms with Crippen molar-refractivity contribution in [2.24, 2.45) is 17.4 Å². The molecule has 0 aromatic rings. The van der Waals surface area contributed by atoms with Gasteiger partial charge in [0.25, 0.3) is 0 Å². The molecule has 1 aliphatic heterocycles. The monoisotopic (exact) mass is 241 g/mol. The lowest BCUT2D eigenvalue weighted by molar-refractivity contribution is -0.122. The van der Waals surface area contributed by atoms with Crippen LogP contribution in [0.15, 0.2) is 0 Å². The number of hydrogen-bond acceptors (Lipinski definition) is 3. The molecule has 0 aromatic heterocycles. The fraction of sp³-hybridized carbons (Fsp3) is 0.923. The SMILES string of the molecule is CC1CCCN(CCCCC(C)(N)C(N)=O)C1. The van der Waals surface area contributed by atoms with E-state index < -0.39 is 11.4 Å². The van der Waals surface area contributed by atoms with Gasteiger partial charge in [-0.05, 0) is 58.0 Å². The minimum Gasteiger partial charge on any atom is -0.368 e. The maximum atomic E-state index is 11.0. The van der Waals surface area contributed by atoms with Crippen molar-refractivity contribution in [2.75, 3.05) is 19.6 Å². The summed E-state index contributed by atoms with van der Waals surface area (Å²) in [5, 5.41) is 0. The van der Waals surface area contributed by atoms with Crippen LogP contribution in [0.5, 0.6) is 0 Å². The van der Waals surface area contributed by atoms with E-state index in [9.17, 15) is 4.79 Å². The van der Waals surface area contributed by atoms with Crippen molar-refractivity contribution in [1.82, 2.24) is 4.90 Å². The van der Waals surface area contributed by atoms with E-state index in [0.29, 0.717) is 6.42 Å². The predicted octanol–water partition coefficient (Wildman–Crippen LogP) is 1.09. The fourth-order valence-electron chi connectivity index (χ4n) is 2.44. The van der Waals surface area contributed by atoms with E-state index in [1.165, 1.54) is 25.9 Å². The Labute approximate surface area is 105 Å². The largest absolute Gasteiger partial charge is 0.368 e. The predicted molar refractivity (Wildman–Crippen MR) is 70.5 cm³/mol.